The number of aromatic hydroxyl groups is 2. The SMILES string of the molecule is CCc1cnc2c(O)ccc(O)c2n1. The van der Waals surface area contributed by atoms with Gasteiger partial charge >= 0.3 is 0 Å². The van der Waals surface area contributed by atoms with E-state index in [2.05, 4.69) is 9.97 Å². The van der Waals surface area contributed by atoms with Crippen molar-refractivity contribution >= 4 is 11.0 Å². The molecule has 0 atom stereocenters. The first-order chi connectivity index (χ1) is 6.72. The number of phenolic OH excluding ortho intramolecular Hbond substituents is 2. The molecule has 2 aromatic rings. The van der Waals surface area contributed by atoms with Crippen LogP contribution in [0.25, 0.3) is 11.0 Å². The molecule has 0 spiro atoms. The van der Waals surface area contributed by atoms with Gasteiger partial charge in [-0.1, -0.05) is 6.92 Å². The number of benzene rings is 1. The van der Waals surface area contributed by atoms with Gasteiger partial charge in [0.05, 0.1) is 5.69 Å². The minimum absolute atomic E-state index is 0.0351. The van der Waals surface area contributed by atoms with Crippen molar-refractivity contribution in [3.05, 3.63) is 24.0 Å². The van der Waals surface area contributed by atoms with E-state index in [1.165, 1.54) is 12.1 Å². The third kappa shape index (κ3) is 1.25. The van der Waals surface area contributed by atoms with Crippen molar-refractivity contribution < 1.29 is 10.2 Å². The number of hydrogen-bond acceptors (Lipinski definition) is 4. The fraction of sp³-hybridized carbons (Fsp3) is 0.200. The molecule has 0 saturated carbocycles. The number of fused-ring (bicyclic) bond motifs is 1. The van der Waals surface area contributed by atoms with Crippen molar-refractivity contribution in [1.29, 1.82) is 0 Å². The fourth-order valence-corrected chi connectivity index (χ4v) is 1.28. The van der Waals surface area contributed by atoms with Crippen molar-refractivity contribution in [2.45, 2.75) is 13.3 Å². The van der Waals surface area contributed by atoms with Crippen LogP contribution in [0, 0.1) is 0 Å². The topological polar surface area (TPSA) is 66.2 Å². The Morgan fingerprint density at radius 3 is 2.43 bits per heavy atom. The van der Waals surface area contributed by atoms with Crippen molar-refractivity contribution in [1.82, 2.24) is 9.97 Å². The predicted octanol–water partition coefficient (Wildman–Crippen LogP) is 1.60. The molecule has 72 valence electrons. The zero-order chi connectivity index (χ0) is 10.1. The second-order valence-electron chi connectivity index (χ2n) is 3.02. The third-order valence-corrected chi connectivity index (χ3v) is 2.07. The highest BCUT2D eigenvalue weighted by molar-refractivity contribution is 5.85. The standard InChI is InChI=1S/C10H10N2O2/c1-2-6-5-11-9-7(13)3-4-8(14)10(9)12-6/h3-5,13-14H,2H2,1H3. The molecule has 0 amide bonds. The molecule has 1 heterocycles. The van der Waals surface area contributed by atoms with Gasteiger partial charge < -0.3 is 10.2 Å². The van der Waals surface area contributed by atoms with Gasteiger partial charge in [-0.3, -0.25) is 0 Å². The molecule has 1 aromatic heterocycles. The first-order valence-electron chi connectivity index (χ1n) is 4.39. The van der Waals surface area contributed by atoms with E-state index >= 15 is 0 Å². The Balaban J connectivity index is 2.80. The highest BCUT2D eigenvalue weighted by Gasteiger charge is 2.07. The van der Waals surface area contributed by atoms with Gasteiger partial charge in [0.15, 0.2) is 0 Å². The van der Waals surface area contributed by atoms with Gasteiger partial charge in [0, 0.05) is 6.20 Å². The van der Waals surface area contributed by atoms with E-state index in [0.29, 0.717) is 11.0 Å². The highest BCUT2D eigenvalue weighted by atomic mass is 16.3. The quantitative estimate of drug-likeness (QED) is 0.670. The molecule has 0 aliphatic rings. The van der Waals surface area contributed by atoms with Gasteiger partial charge in [0.25, 0.3) is 0 Å². The van der Waals surface area contributed by atoms with Crippen LogP contribution >= 0.6 is 0 Å². The first kappa shape index (κ1) is 8.74. The molecule has 4 heteroatoms. The van der Waals surface area contributed by atoms with E-state index in [-0.39, 0.29) is 11.5 Å². The summed E-state index contributed by atoms with van der Waals surface area (Å²) in [5.41, 5.74) is 1.48. The maximum Gasteiger partial charge on any atom is 0.143 e. The summed E-state index contributed by atoms with van der Waals surface area (Å²) in [5, 5.41) is 18.9. The van der Waals surface area contributed by atoms with Crippen LogP contribution in [0.5, 0.6) is 11.5 Å². The van der Waals surface area contributed by atoms with Crippen LogP contribution in [0.4, 0.5) is 0 Å². The van der Waals surface area contributed by atoms with E-state index in [0.717, 1.165) is 12.1 Å². The molecular formula is C10H10N2O2. The zero-order valence-electron chi connectivity index (χ0n) is 7.73. The normalized spacial score (nSPS) is 10.6. The minimum Gasteiger partial charge on any atom is -0.506 e. The van der Waals surface area contributed by atoms with Crippen molar-refractivity contribution in [2.24, 2.45) is 0 Å². The molecule has 0 unspecified atom stereocenters. The molecule has 0 aliphatic heterocycles. The number of aromatic nitrogens is 2. The smallest absolute Gasteiger partial charge is 0.143 e. The average molecular weight is 190 g/mol. The lowest BCUT2D eigenvalue weighted by molar-refractivity contribution is 0.467. The summed E-state index contributed by atoms with van der Waals surface area (Å²) in [7, 11) is 0. The Bertz CT molecular complexity index is 483. The maximum absolute atomic E-state index is 9.50. The summed E-state index contributed by atoms with van der Waals surface area (Å²) < 4.78 is 0. The van der Waals surface area contributed by atoms with Gasteiger partial charge in [-0.05, 0) is 18.6 Å². The summed E-state index contributed by atoms with van der Waals surface area (Å²) >= 11 is 0. The molecule has 0 bridgehead atoms. The monoisotopic (exact) mass is 190 g/mol. The van der Waals surface area contributed by atoms with Crippen LogP contribution in [-0.2, 0) is 6.42 Å². The van der Waals surface area contributed by atoms with Gasteiger partial charge in [-0.15, -0.1) is 0 Å². The summed E-state index contributed by atoms with van der Waals surface area (Å²) in [6.45, 7) is 1.95. The lowest BCUT2D eigenvalue weighted by Gasteiger charge is -2.03. The molecule has 0 saturated heterocycles. The number of hydrogen-bond donors (Lipinski definition) is 2. The number of phenols is 2. The largest absolute Gasteiger partial charge is 0.506 e. The molecule has 1 aromatic carbocycles. The number of nitrogens with zero attached hydrogens (tertiary/aromatic N) is 2. The molecule has 0 fully saturated rings. The van der Waals surface area contributed by atoms with Gasteiger partial charge in [-0.25, -0.2) is 9.97 Å². The van der Waals surface area contributed by atoms with Crippen LogP contribution in [0.3, 0.4) is 0 Å². The lowest BCUT2D eigenvalue weighted by atomic mass is 10.2. The van der Waals surface area contributed by atoms with E-state index in [4.69, 9.17) is 0 Å². The molecule has 14 heavy (non-hydrogen) atoms. The molecular weight excluding hydrogens is 180 g/mol. The maximum atomic E-state index is 9.50. The molecule has 2 rings (SSSR count). The van der Waals surface area contributed by atoms with Crippen LogP contribution < -0.4 is 0 Å². The molecule has 0 radical (unpaired) electrons. The highest BCUT2D eigenvalue weighted by Crippen LogP contribution is 2.28. The Kier molecular flexibility index (Phi) is 1.96. The van der Waals surface area contributed by atoms with Crippen molar-refractivity contribution in [3.8, 4) is 11.5 Å². The van der Waals surface area contributed by atoms with Crippen LogP contribution in [0.1, 0.15) is 12.6 Å². The van der Waals surface area contributed by atoms with Gasteiger partial charge in [0.2, 0.25) is 0 Å². The van der Waals surface area contributed by atoms with E-state index in [1.807, 2.05) is 6.92 Å². The molecule has 4 nitrogen and oxygen atoms in total. The second kappa shape index (κ2) is 3.14. The summed E-state index contributed by atoms with van der Waals surface area (Å²) in [4.78, 5) is 8.22. The van der Waals surface area contributed by atoms with Gasteiger partial charge in [-0.2, -0.15) is 0 Å². The predicted molar refractivity (Wildman–Crippen MR) is 52.2 cm³/mol. The minimum atomic E-state index is 0.0351. The summed E-state index contributed by atoms with van der Waals surface area (Å²) in [5.74, 6) is 0.0774. The molecule has 2 N–H and O–H groups in total. The van der Waals surface area contributed by atoms with Gasteiger partial charge in [0.1, 0.15) is 22.5 Å². The third-order valence-electron chi connectivity index (χ3n) is 2.07. The first-order valence-corrected chi connectivity index (χ1v) is 4.39. The summed E-state index contributed by atoms with van der Waals surface area (Å²) in [6, 6.07) is 2.81. The Labute approximate surface area is 80.9 Å². The lowest BCUT2D eigenvalue weighted by Crippen LogP contribution is -1.91. The van der Waals surface area contributed by atoms with Crippen LogP contribution in [0.2, 0.25) is 0 Å². The fourth-order valence-electron chi connectivity index (χ4n) is 1.28. The Morgan fingerprint density at radius 2 is 1.79 bits per heavy atom. The van der Waals surface area contributed by atoms with Crippen molar-refractivity contribution in [2.75, 3.05) is 0 Å². The van der Waals surface area contributed by atoms with E-state index in [9.17, 15) is 10.2 Å². The number of rotatable bonds is 1. The van der Waals surface area contributed by atoms with Crippen LogP contribution in [-0.4, -0.2) is 20.2 Å². The average Bonchev–Trinajstić information content (AvgIpc) is 2.23. The second-order valence-corrected chi connectivity index (χ2v) is 3.02. The summed E-state index contributed by atoms with van der Waals surface area (Å²) in [6.07, 6.45) is 2.35. The van der Waals surface area contributed by atoms with E-state index < -0.39 is 0 Å². The van der Waals surface area contributed by atoms with Crippen molar-refractivity contribution in [3.63, 3.8) is 0 Å². The Hall–Kier alpha value is -1.84. The Morgan fingerprint density at radius 1 is 1.14 bits per heavy atom. The molecule has 0 aliphatic carbocycles. The van der Waals surface area contributed by atoms with Crippen LogP contribution in [0.15, 0.2) is 18.3 Å². The van der Waals surface area contributed by atoms with E-state index in [1.54, 1.807) is 6.20 Å². The number of aryl methyl sites for hydroxylation is 1. The zero-order valence-corrected chi connectivity index (χ0v) is 7.73.